The molecule has 0 atom stereocenters. The number of anilines is 1. The van der Waals surface area contributed by atoms with E-state index in [2.05, 4.69) is 25.5 Å². The predicted octanol–water partition coefficient (Wildman–Crippen LogP) is -0.210. The summed E-state index contributed by atoms with van der Waals surface area (Å²) in [5, 5.41) is 8.67. The number of nitrogens with one attached hydrogen (secondary N) is 2. The maximum absolute atomic E-state index is 11.5. The standard InChI is InChI=1S/C7H8N6O/c1-13-4-8-2-5(13)6(14)11-7-9-3-10-12-7/h2-4H,1H3,(H2,9,10,11,12,14). The van der Waals surface area contributed by atoms with E-state index < -0.39 is 0 Å². The molecule has 72 valence electrons. The van der Waals surface area contributed by atoms with Crippen molar-refractivity contribution < 1.29 is 4.79 Å². The van der Waals surface area contributed by atoms with E-state index in [-0.39, 0.29) is 5.91 Å². The first kappa shape index (κ1) is 8.42. The number of nitrogens with zero attached hydrogens (tertiary/aromatic N) is 4. The number of H-pyrrole nitrogens is 1. The number of hydrogen-bond donors (Lipinski definition) is 2. The van der Waals surface area contributed by atoms with Crippen LogP contribution in [-0.4, -0.2) is 30.6 Å². The summed E-state index contributed by atoms with van der Waals surface area (Å²) in [4.78, 5) is 19.1. The Morgan fingerprint density at radius 1 is 1.64 bits per heavy atom. The predicted molar refractivity (Wildman–Crippen MR) is 47.5 cm³/mol. The first-order valence-corrected chi connectivity index (χ1v) is 3.90. The molecule has 2 rings (SSSR count). The topological polar surface area (TPSA) is 88.5 Å². The molecule has 0 saturated carbocycles. The van der Waals surface area contributed by atoms with Gasteiger partial charge in [-0.3, -0.25) is 10.1 Å². The molecule has 0 unspecified atom stereocenters. The van der Waals surface area contributed by atoms with Crippen molar-refractivity contribution >= 4 is 11.9 Å². The van der Waals surface area contributed by atoms with Crippen molar-refractivity contribution in [1.29, 1.82) is 0 Å². The molecule has 2 heterocycles. The van der Waals surface area contributed by atoms with Crippen LogP contribution in [0.4, 0.5) is 5.95 Å². The molecule has 0 spiro atoms. The quantitative estimate of drug-likeness (QED) is 0.689. The number of aromatic nitrogens is 5. The van der Waals surface area contributed by atoms with Crippen LogP contribution in [0, 0.1) is 0 Å². The highest BCUT2D eigenvalue weighted by atomic mass is 16.2. The smallest absolute Gasteiger partial charge is 0.276 e. The summed E-state index contributed by atoms with van der Waals surface area (Å²) < 4.78 is 1.62. The van der Waals surface area contributed by atoms with Crippen LogP contribution in [0.15, 0.2) is 18.9 Å². The minimum atomic E-state index is -0.276. The van der Waals surface area contributed by atoms with E-state index in [0.717, 1.165) is 0 Å². The molecular weight excluding hydrogens is 184 g/mol. The van der Waals surface area contributed by atoms with E-state index in [1.165, 1.54) is 12.5 Å². The molecule has 0 aliphatic heterocycles. The molecule has 2 N–H and O–H groups in total. The molecule has 2 aromatic heterocycles. The van der Waals surface area contributed by atoms with Gasteiger partial charge < -0.3 is 4.57 Å². The molecule has 0 aromatic carbocycles. The van der Waals surface area contributed by atoms with Gasteiger partial charge in [0.25, 0.3) is 5.91 Å². The zero-order valence-electron chi connectivity index (χ0n) is 7.43. The van der Waals surface area contributed by atoms with Crippen molar-refractivity contribution in [3.05, 3.63) is 24.5 Å². The van der Waals surface area contributed by atoms with E-state index >= 15 is 0 Å². The van der Waals surface area contributed by atoms with Crippen LogP contribution in [0.2, 0.25) is 0 Å². The lowest BCUT2D eigenvalue weighted by molar-refractivity contribution is 0.101. The lowest BCUT2D eigenvalue weighted by atomic mass is 10.4. The Hall–Kier alpha value is -2.18. The number of rotatable bonds is 2. The summed E-state index contributed by atoms with van der Waals surface area (Å²) in [5.74, 6) is 0.0398. The summed E-state index contributed by atoms with van der Waals surface area (Å²) in [6, 6.07) is 0. The summed E-state index contributed by atoms with van der Waals surface area (Å²) in [6.45, 7) is 0. The van der Waals surface area contributed by atoms with Crippen LogP contribution in [0.3, 0.4) is 0 Å². The van der Waals surface area contributed by atoms with E-state index in [1.54, 1.807) is 17.9 Å². The third-order valence-electron chi connectivity index (χ3n) is 1.70. The maximum atomic E-state index is 11.5. The Kier molecular flexibility index (Phi) is 1.98. The zero-order valence-corrected chi connectivity index (χ0v) is 7.43. The van der Waals surface area contributed by atoms with Crippen LogP contribution in [0.5, 0.6) is 0 Å². The van der Waals surface area contributed by atoms with Gasteiger partial charge in [-0.15, -0.1) is 0 Å². The van der Waals surface area contributed by atoms with Gasteiger partial charge in [-0.05, 0) is 0 Å². The van der Waals surface area contributed by atoms with Crippen LogP contribution >= 0.6 is 0 Å². The van der Waals surface area contributed by atoms with Crippen LogP contribution in [-0.2, 0) is 7.05 Å². The molecule has 0 aliphatic carbocycles. The number of aryl methyl sites for hydroxylation is 1. The third kappa shape index (κ3) is 1.47. The first-order chi connectivity index (χ1) is 6.77. The number of carbonyl (C=O) groups excluding carboxylic acids is 1. The first-order valence-electron chi connectivity index (χ1n) is 3.90. The number of aromatic amines is 1. The summed E-state index contributed by atoms with van der Waals surface area (Å²) in [7, 11) is 1.74. The molecule has 0 fully saturated rings. The van der Waals surface area contributed by atoms with Gasteiger partial charge in [0.15, 0.2) is 0 Å². The summed E-state index contributed by atoms with van der Waals surface area (Å²) in [5.41, 5.74) is 0.460. The van der Waals surface area contributed by atoms with Crippen molar-refractivity contribution in [2.24, 2.45) is 7.05 Å². The van der Waals surface area contributed by atoms with Gasteiger partial charge in [0.1, 0.15) is 12.0 Å². The lowest BCUT2D eigenvalue weighted by Crippen LogP contribution is -2.16. The van der Waals surface area contributed by atoms with Crippen molar-refractivity contribution in [1.82, 2.24) is 24.7 Å². The highest BCUT2D eigenvalue weighted by Crippen LogP contribution is 2.00. The highest BCUT2D eigenvalue weighted by Gasteiger charge is 2.10. The fourth-order valence-corrected chi connectivity index (χ4v) is 1.01. The Labute approximate surface area is 79.2 Å². The van der Waals surface area contributed by atoms with Gasteiger partial charge in [-0.25, -0.2) is 10.1 Å². The second-order valence-corrected chi connectivity index (χ2v) is 2.68. The molecule has 7 nitrogen and oxygen atoms in total. The number of hydrogen-bond acceptors (Lipinski definition) is 4. The van der Waals surface area contributed by atoms with Gasteiger partial charge in [-0.1, -0.05) is 0 Å². The molecule has 7 heteroatoms. The Morgan fingerprint density at radius 3 is 3.07 bits per heavy atom. The number of imidazole rings is 1. The monoisotopic (exact) mass is 192 g/mol. The Bertz CT molecular complexity index is 431. The second kappa shape index (κ2) is 3.29. The van der Waals surface area contributed by atoms with Crippen LogP contribution in [0.1, 0.15) is 10.5 Å². The number of amides is 1. The Balaban J connectivity index is 2.14. The van der Waals surface area contributed by atoms with Gasteiger partial charge in [0, 0.05) is 7.05 Å². The molecule has 0 aliphatic rings. The van der Waals surface area contributed by atoms with E-state index in [4.69, 9.17) is 0 Å². The Morgan fingerprint density at radius 2 is 2.50 bits per heavy atom. The van der Waals surface area contributed by atoms with Crippen molar-refractivity contribution in [3.63, 3.8) is 0 Å². The average Bonchev–Trinajstić information content (AvgIpc) is 2.75. The van der Waals surface area contributed by atoms with Gasteiger partial charge in [0.2, 0.25) is 5.95 Å². The minimum absolute atomic E-state index is 0.276. The highest BCUT2D eigenvalue weighted by molar-refractivity contribution is 6.01. The van der Waals surface area contributed by atoms with E-state index in [1.807, 2.05) is 0 Å². The fourth-order valence-electron chi connectivity index (χ4n) is 1.01. The summed E-state index contributed by atoms with van der Waals surface area (Å²) in [6.07, 6.45) is 4.35. The second-order valence-electron chi connectivity index (χ2n) is 2.68. The SMILES string of the molecule is Cn1cncc1C(=O)Nc1ncn[nH]1. The van der Waals surface area contributed by atoms with Gasteiger partial charge >= 0.3 is 0 Å². The molecule has 0 bridgehead atoms. The molecule has 14 heavy (non-hydrogen) atoms. The summed E-state index contributed by atoms with van der Waals surface area (Å²) >= 11 is 0. The van der Waals surface area contributed by atoms with Crippen LogP contribution < -0.4 is 5.32 Å². The average molecular weight is 192 g/mol. The zero-order chi connectivity index (χ0) is 9.97. The van der Waals surface area contributed by atoms with Crippen molar-refractivity contribution in [3.8, 4) is 0 Å². The normalized spacial score (nSPS) is 10.1. The molecule has 2 aromatic rings. The number of carbonyl (C=O) groups is 1. The molecular formula is C7H8N6O. The van der Waals surface area contributed by atoms with E-state index in [0.29, 0.717) is 11.6 Å². The lowest BCUT2D eigenvalue weighted by Gasteiger charge is -2.00. The van der Waals surface area contributed by atoms with Crippen molar-refractivity contribution in [2.45, 2.75) is 0 Å². The van der Waals surface area contributed by atoms with Gasteiger partial charge in [-0.2, -0.15) is 10.1 Å². The largest absolute Gasteiger partial charge is 0.330 e. The minimum Gasteiger partial charge on any atom is -0.330 e. The van der Waals surface area contributed by atoms with Gasteiger partial charge in [0.05, 0.1) is 12.5 Å². The third-order valence-corrected chi connectivity index (χ3v) is 1.70. The van der Waals surface area contributed by atoms with Crippen LogP contribution in [0.25, 0.3) is 0 Å². The molecule has 0 saturated heterocycles. The van der Waals surface area contributed by atoms with E-state index in [9.17, 15) is 4.79 Å². The maximum Gasteiger partial charge on any atom is 0.276 e. The van der Waals surface area contributed by atoms with Crippen molar-refractivity contribution in [2.75, 3.05) is 5.32 Å². The molecule has 1 amide bonds. The molecule has 0 radical (unpaired) electrons. The fraction of sp³-hybridized carbons (Fsp3) is 0.143.